The standard InChI is InChI=1S/C14H12BrFOS/c1-9(17)10-5-6-14(13(15)7-10)18-12-4-2-3-11(16)8-12/h2-9,17H,1H3/t9-/m0/s1. The summed E-state index contributed by atoms with van der Waals surface area (Å²) in [6.07, 6.45) is -0.491. The van der Waals surface area contributed by atoms with Crippen LogP contribution in [0.5, 0.6) is 0 Å². The lowest BCUT2D eigenvalue weighted by molar-refractivity contribution is 0.199. The summed E-state index contributed by atoms with van der Waals surface area (Å²) < 4.78 is 14.0. The van der Waals surface area contributed by atoms with E-state index in [-0.39, 0.29) is 5.82 Å². The molecule has 0 aliphatic heterocycles. The third-order valence-corrected chi connectivity index (χ3v) is 4.45. The average molecular weight is 327 g/mol. The molecule has 2 rings (SSSR count). The highest BCUT2D eigenvalue weighted by Gasteiger charge is 2.07. The second-order valence-corrected chi connectivity index (χ2v) is 5.89. The SMILES string of the molecule is C[C@H](O)c1ccc(Sc2cccc(F)c2)c(Br)c1. The van der Waals surface area contributed by atoms with E-state index in [1.807, 2.05) is 24.3 Å². The van der Waals surface area contributed by atoms with Gasteiger partial charge in [-0.2, -0.15) is 0 Å². The fourth-order valence-corrected chi connectivity index (χ4v) is 3.02. The molecule has 0 saturated carbocycles. The lowest BCUT2D eigenvalue weighted by Crippen LogP contribution is -1.90. The zero-order chi connectivity index (χ0) is 13.1. The van der Waals surface area contributed by atoms with Crippen molar-refractivity contribution in [2.24, 2.45) is 0 Å². The van der Waals surface area contributed by atoms with E-state index in [2.05, 4.69) is 15.9 Å². The van der Waals surface area contributed by atoms with Crippen molar-refractivity contribution in [3.8, 4) is 0 Å². The fourth-order valence-electron chi connectivity index (χ4n) is 1.52. The quantitative estimate of drug-likeness (QED) is 0.874. The van der Waals surface area contributed by atoms with Gasteiger partial charge in [-0.3, -0.25) is 0 Å². The largest absolute Gasteiger partial charge is 0.389 e. The first kappa shape index (κ1) is 13.6. The molecule has 0 bridgehead atoms. The van der Waals surface area contributed by atoms with E-state index in [0.717, 1.165) is 19.8 Å². The van der Waals surface area contributed by atoms with Gasteiger partial charge in [-0.25, -0.2) is 4.39 Å². The monoisotopic (exact) mass is 326 g/mol. The van der Waals surface area contributed by atoms with Crippen LogP contribution in [0.15, 0.2) is 56.7 Å². The lowest BCUT2D eigenvalue weighted by atomic mass is 10.1. The second-order valence-electron chi connectivity index (χ2n) is 3.93. The topological polar surface area (TPSA) is 20.2 Å². The van der Waals surface area contributed by atoms with Crippen LogP contribution in [0, 0.1) is 5.82 Å². The number of aliphatic hydroxyl groups is 1. The van der Waals surface area contributed by atoms with Crippen molar-refractivity contribution < 1.29 is 9.50 Å². The smallest absolute Gasteiger partial charge is 0.124 e. The van der Waals surface area contributed by atoms with Gasteiger partial charge in [0.15, 0.2) is 0 Å². The van der Waals surface area contributed by atoms with Gasteiger partial charge in [-0.15, -0.1) is 0 Å². The molecule has 0 fully saturated rings. The first-order chi connectivity index (χ1) is 8.56. The van der Waals surface area contributed by atoms with E-state index in [1.165, 1.54) is 23.9 Å². The Balaban J connectivity index is 2.24. The highest BCUT2D eigenvalue weighted by Crippen LogP contribution is 2.35. The molecule has 0 spiro atoms. The average Bonchev–Trinajstić information content (AvgIpc) is 2.31. The maximum absolute atomic E-state index is 13.1. The third kappa shape index (κ3) is 3.34. The summed E-state index contributed by atoms with van der Waals surface area (Å²) in [5, 5.41) is 9.49. The number of hydrogen-bond donors (Lipinski definition) is 1. The lowest BCUT2D eigenvalue weighted by Gasteiger charge is -2.09. The molecule has 2 aromatic carbocycles. The maximum Gasteiger partial charge on any atom is 0.124 e. The minimum Gasteiger partial charge on any atom is -0.389 e. The van der Waals surface area contributed by atoms with Gasteiger partial charge in [0.1, 0.15) is 5.82 Å². The number of aliphatic hydroxyl groups excluding tert-OH is 1. The van der Waals surface area contributed by atoms with Crippen LogP contribution in [0.4, 0.5) is 4.39 Å². The molecular formula is C14H12BrFOS. The highest BCUT2D eigenvalue weighted by molar-refractivity contribution is 9.10. The first-order valence-electron chi connectivity index (χ1n) is 5.47. The maximum atomic E-state index is 13.1. The van der Waals surface area contributed by atoms with Crippen LogP contribution in [0.3, 0.4) is 0 Å². The van der Waals surface area contributed by atoms with Crippen LogP contribution in [-0.2, 0) is 0 Å². The van der Waals surface area contributed by atoms with Gasteiger partial charge in [0, 0.05) is 14.3 Å². The molecule has 0 heterocycles. The van der Waals surface area contributed by atoms with Gasteiger partial charge in [0.2, 0.25) is 0 Å². The predicted octanol–water partition coefficient (Wildman–Crippen LogP) is 4.79. The van der Waals surface area contributed by atoms with Gasteiger partial charge in [0.25, 0.3) is 0 Å². The molecule has 18 heavy (non-hydrogen) atoms. The Kier molecular flexibility index (Phi) is 4.43. The van der Waals surface area contributed by atoms with Gasteiger partial charge >= 0.3 is 0 Å². The molecule has 1 N–H and O–H groups in total. The van der Waals surface area contributed by atoms with Crippen molar-refractivity contribution in [1.29, 1.82) is 0 Å². The second kappa shape index (κ2) is 5.87. The van der Waals surface area contributed by atoms with Crippen molar-refractivity contribution >= 4 is 27.7 Å². The Morgan fingerprint density at radius 3 is 2.61 bits per heavy atom. The van der Waals surface area contributed by atoms with Crippen molar-refractivity contribution in [1.82, 2.24) is 0 Å². The van der Waals surface area contributed by atoms with E-state index >= 15 is 0 Å². The van der Waals surface area contributed by atoms with E-state index < -0.39 is 6.10 Å². The molecule has 0 aliphatic rings. The van der Waals surface area contributed by atoms with E-state index in [4.69, 9.17) is 0 Å². The molecule has 0 aliphatic carbocycles. The Labute approximate surface area is 118 Å². The summed E-state index contributed by atoms with van der Waals surface area (Å²) in [6.45, 7) is 1.72. The number of hydrogen-bond acceptors (Lipinski definition) is 2. The first-order valence-corrected chi connectivity index (χ1v) is 7.08. The zero-order valence-electron chi connectivity index (χ0n) is 9.73. The Hall–Kier alpha value is -0.840. The molecular weight excluding hydrogens is 315 g/mol. The van der Waals surface area contributed by atoms with Crippen molar-refractivity contribution in [3.05, 3.63) is 58.3 Å². The van der Waals surface area contributed by atoms with Crippen LogP contribution in [0.2, 0.25) is 0 Å². The normalized spacial score (nSPS) is 12.4. The van der Waals surface area contributed by atoms with Crippen LogP contribution in [-0.4, -0.2) is 5.11 Å². The van der Waals surface area contributed by atoms with Crippen LogP contribution in [0.1, 0.15) is 18.6 Å². The molecule has 94 valence electrons. The zero-order valence-corrected chi connectivity index (χ0v) is 12.1. The number of benzene rings is 2. The summed E-state index contributed by atoms with van der Waals surface area (Å²) in [7, 11) is 0. The van der Waals surface area contributed by atoms with Crippen LogP contribution >= 0.6 is 27.7 Å². The number of halogens is 2. The van der Waals surface area contributed by atoms with Gasteiger partial charge in [0.05, 0.1) is 6.10 Å². The molecule has 0 aromatic heterocycles. The van der Waals surface area contributed by atoms with Crippen LogP contribution < -0.4 is 0 Å². The molecule has 1 nitrogen and oxygen atoms in total. The third-order valence-electron chi connectivity index (χ3n) is 2.46. The molecule has 0 saturated heterocycles. The molecule has 1 atom stereocenters. The molecule has 0 unspecified atom stereocenters. The van der Waals surface area contributed by atoms with Gasteiger partial charge in [-0.1, -0.05) is 23.9 Å². The fraction of sp³-hybridized carbons (Fsp3) is 0.143. The summed E-state index contributed by atoms with van der Waals surface area (Å²) in [6, 6.07) is 12.2. The molecule has 2 aromatic rings. The van der Waals surface area contributed by atoms with Crippen LogP contribution in [0.25, 0.3) is 0 Å². The molecule has 0 radical (unpaired) electrons. The Bertz CT molecular complexity index is 557. The van der Waals surface area contributed by atoms with Crippen molar-refractivity contribution in [3.63, 3.8) is 0 Å². The summed E-state index contributed by atoms with van der Waals surface area (Å²) in [4.78, 5) is 1.84. The summed E-state index contributed by atoms with van der Waals surface area (Å²) in [5.74, 6) is -0.239. The minimum absolute atomic E-state index is 0.239. The van der Waals surface area contributed by atoms with E-state index in [1.54, 1.807) is 13.0 Å². The Morgan fingerprint density at radius 1 is 1.22 bits per heavy atom. The highest BCUT2D eigenvalue weighted by atomic mass is 79.9. The van der Waals surface area contributed by atoms with Gasteiger partial charge < -0.3 is 5.11 Å². The number of rotatable bonds is 3. The molecule has 4 heteroatoms. The van der Waals surface area contributed by atoms with Crippen molar-refractivity contribution in [2.75, 3.05) is 0 Å². The Morgan fingerprint density at radius 2 is 2.00 bits per heavy atom. The minimum atomic E-state index is -0.491. The summed E-state index contributed by atoms with van der Waals surface area (Å²) >= 11 is 4.95. The van der Waals surface area contributed by atoms with Crippen molar-refractivity contribution in [2.45, 2.75) is 22.8 Å². The molecule has 0 amide bonds. The van der Waals surface area contributed by atoms with E-state index in [0.29, 0.717) is 0 Å². The summed E-state index contributed by atoms with van der Waals surface area (Å²) in [5.41, 5.74) is 0.852. The van der Waals surface area contributed by atoms with E-state index in [9.17, 15) is 9.50 Å². The predicted molar refractivity (Wildman–Crippen MR) is 75.3 cm³/mol. The van der Waals surface area contributed by atoms with Gasteiger partial charge in [-0.05, 0) is 58.7 Å².